The van der Waals surface area contributed by atoms with E-state index in [0.717, 1.165) is 5.56 Å². The average Bonchev–Trinajstić information content (AvgIpc) is 3.25. The van der Waals surface area contributed by atoms with Crippen molar-refractivity contribution < 1.29 is 23.4 Å². The van der Waals surface area contributed by atoms with Crippen molar-refractivity contribution in [3.8, 4) is 11.5 Å². The van der Waals surface area contributed by atoms with Crippen LogP contribution in [0.4, 0.5) is 10.3 Å². The molecule has 0 saturated heterocycles. The van der Waals surface area contributed by atoms with E-state index in [2.05, 4.69) is 15.4 Å². The summed E-state index contributed by atoms with van der Waals surface area (Å²) in [5, 5.41) is 7.38. The summed E-state index contributed by atoms with van der Waals surface area (Å²) in [4.78, 5) is 17.0. The molecule has 1 aliphatic heterocycles. The summed E-state index contributed by atoms with van der Waals surface area (Å²) < 4.78 is 32.2. The molecule has 0 spiro atoms. The summed E-state index contributed by atoms with van der Waals surface area (Å²) in [6.07, 6.45) is 1.42. The van der Waals surface area contributed by atoms with Crippen LogP contribution in [0.1, 0.15) is 31.0 Å². The lowest BCUT2D eigenvalue weighted by Crippen LogP contribution is -2.29. The third-order valence-electron chi connectivity index (χ3n) is 5.13. The molecule has 4 rings (SSSR count). The molecule has 32 heavy (non-hydrogen) atoms. The standard InChI is InChI=1S/C23H23FN4O4/c1-4-31-22(29)20-14(2)27-23-25-13-26-28(23)21(20)15-9-10-18(19(11-15)30-3)32-12-16-7-5-6-8-17(16)24/h5-11,13,21H,4,12H2,1-3H3,(H,25,26,27). The normalized spacial score (nSPS) is 15.1. The number of nitrogens with one attached hydrogen (secondary N) is 1. The SMILES string of the molecule is CCOC(=O)C1=C(C)Nc2ncnn2C1c1ccc(OCc2ccccc2F)c(OC)c1. The van der Waals surface area contributed by atoms with Gasteiger partial charge in [-0.3, -0.25) is 0 Å². The number of carbonyl (C=O) groups excluding carboxylic acids is 1. The van der Waals surface area contributed by atoms with Crippen LogP contribution in [0.3, 0.4) is 0 Å². The molecule has 1 unspecified atom stereocenters. The van der Waals surface area contributed by atoms with Gasteiger partial charge in [-0.1, -0.05) is 24.3 Å². The summed E-state index contributed by atoms with van der Waals surface area (Å²) >= 11 is 0. The molecule has 2 heterocycles. The highest BCUT2D eigenvalue weighted by atomic mass is 19.1. The van der Waals surface area contributed by atoms with Gasteiger partial charge in [0, 0.05) is 11.3 Å². The van der Waals surface area contributed by atoms with Gasteiger partial charge in [-0.05, 0) is 37.6 Å². The number of methoxy groups -OCH3 is 1. The van der Waals surface area contributed by atoms with Crippen LogP contribution < -0.4 is 14.8 Å². The first-order valence-electron chi connectivity index (χ1n) is 10.1. The van der Waals surface area contributed by atoms with Crippen LogP contribution in [0.25, 0.3) is 0 Å². The predicted octanol–water partition coefficient (Wildman–Crippen LogP) is 3.86. The van der Waals surface area contributed by atoms with E-state index in [-0.39, 0.29) is 19.0 Å². The van der Waals surface area contributed by atoms with Gasteiger partial charge in [0.05, 0.1) is 19.3 Å². The lowest BCUT2D eigenvalue weighted by molar-refractivity contribution is -0.139. The first-order valence-corrected chi connectivity index (χ1v) is 10.1. The molecule has 0 bridgehead atoms. The molecule has 0 radical (unpaired) electrons. The van der Waals surface area contributed by atoms with Crippen LogP contribution in [0.5, 0.6) is 11.5 Å². The second kappa shape index (κ2) is 9.09. The Morgan fingerprint density at radius 2 is 2.03 bits per heavy atom. The summed E-state index contributed by atoms with van der Waals surface area (Å²) in [5.74, 6) is 0.628. The van der Waals surface area contributed by atoms with Gasteiger partial charge in [-0.2, -0.15) is 10.1 Å². The van der Waals surface area contributed by atoms with E-state index >= 15 is 0 Å². The van der Waals surface area contributed by atoms with Gasteiger partial charge in [0.15, 0.2) is 11.5 Å². The Kier molecular flexibility index (Phi) is 6.07. The Morgan fingerprint density at radius 3 is 2.78 bits per heavy atom. The zero-order valence-electron chi connectivity index (χ0n) is 18.0. The maximum Gasteiger partial charge on any atom is 0.338 e. The van der Waals surface area contributed by atoms with Crippen LogP contribution >= 0.6 is 0 Å². The number of benzene rings is 2. The molecule has 0 saturated carbocycles. The van der Waals surface area contributed by atoms with E-state index < -0.39 is 12.0 Å². The maximum atomic E-state index is 13.9. The molecule has 3 aromatic rings. The molecular formula is C23H23FN4O4. The number of carbonyl (C=O) groups is 1. The van der Waals surface area contributed by atoms with Crippen LogP contribution in [-0.2, 0) is 16.1 Å². The molecular weight excluding hydrogens is 415 g/mol. The van der Waals surface area contributed by atoms with Gasteiger partial charge >= 0.3 is 5.97 Å². The molecule has 166 valence electrons. The first kappa shape index (κ1) is 21.4. The predicted molar refractivity (Wildman–Crippen MR) is 115 cm³/mol. The topological polar surface area (TPSA) is 87.5 Å². The lowest BCUT2D eigenvalue weighted by Gasteiger charge is -2.28. The summed E-state index contributed by atoms with van der Waals surface area (Å²) in [6.45, 7) is 3.85. The van der Waals surface area contributed by atoms with Crippen molar-refractivity contribution in [1.82, 2.24) is 14.8 Å². The second-order valence-corrected chi connectivity index (χ2v) is 7.11. The average molecular weight is 438 g/mol. The minimum absolute atomic E-state index is 0.0516. The van der Waals surface area contributed by atoms with Crippen molar-refractivity contribution >= 4 is 11.9 Å². The highest BCUT2D eigenvalue weighted by Crippen LogP contribution is 2.39. The van der Waals surface area contributed by atoms with Crippen LogP contribution in [0, 0.1) is 5.82 Å². The van der Waals surface area contributed by atoms with Crippen molar-refractivity contribution in [2.45, 2.75) is 26.5 Å². The quantitative estimate of drug-likeness (QED) is 0.561. The molecule has 1 N–H and O–H groups in total. The maximum absolute atomic E-state index is 13.9. The number of esters is 1. The Hall–Kier alpha value is -3.88. The lowest BCUT2D eigenvalue weighted by atomic mass is 9.95. The van der Waals surface area contributed by atoms with E-state index in [0.29, 0.717) is 34.3 Å². The third kappa shape index (κ3) is 4.01. The Balaban J connectivity index is 1.69. The van der Waals surface area contributed by atoms with Gasteiger partial charge < -0.3 is 19.5 Å². The number of hydrogen-bond acceptors (Lipinski definition) is 7. The monoisotopic (exact) mass is 438 g/mol. The van der Waals surface area contributed by atoms with E-state index in [1.807, 2.05) is 6.07 Å². The minimum atomic E-state index is -0.567. The number of nitrogens with zero attached hydrogens (tertiary/aromatic N) is 3. The van der Waals surface area contributed by atoms with E-state index in [1.54, 1.807) is 48.9 Å². The van der Waals surface area contributed by atoms with Crippen LogP contribution in [0.15, 0.2) is 60.1 Å². The smallest absolute Gasteiger partial charge is 0.338 e. The number of halogens is 1. The summed E-state index contributed by atoms with van der Waals surface area (Å²) in [7, 11) is 1.52. The molecule has 0 amide bonds. The van der Waals surface area contributed by atoms with Crippen LogP contribution in [0.2, 0.25) is 0 Å². The largest absolute Gasteiger partial charge is 0.493 e. The number of anilines is 1. The molecule has 0 fully saturated rings. The Labute approximate surface area is 184 Å². The van der Waals surface area contributed by atoms with Gasteiger partial charge in [0.2, 0.25) is 5.95 Å². The first-order chi connectivity index (χ1) is 15.5. The number of allylic oxidation sites excluding steroid dienone is 1. The Morgan fingerprint density at radius 1 is 1.22 bits per heavy atom. The highest BCUT2D eigenvalue weighted by molar-refractivity contribution is 5.92. The van der Waals surface area contributed by atoms with Crippen molar-refractivity contribution in [3.05, 3.63) is 77.0 Å². The molecule has 9 heteroatoms. The van der Waals surface area contributed by atoms with Crippen molar-refractivity contribution in [1.29, 1.82) is 0 Å². The van der Waals surface area contributed by atoms with E-state index in [9.17, 15) is 9.18 Å². The fraction of sp³-hybridized carbons (Fsp3) is 0.261. The van der Waals surface area contributed by atoms with Gasteiger partial charge in [-0.15, -0.1) is 0 Å². The van der Waals surface area contributed by atoms with Gasteiger partial charge in [0.25, 0.3) is 0 Å². The zero-order valence-corrected chi connectivity index (χ0v) is 18.0. The number of rotatable bonds is 7. The van der Waals surface area contributed by atoms with E-state index in [1.165, 1.54) is 19.5 Å². The third-order valence-corrected chi connectivity index (χ3v) is 5.13. The van der Waals surface area contributed by atoms with Crippen molar-refractivity contribution in [3.63, 3.8) is 0 Å². The number of hydrogen-bond donors (Lipinski definition) is 1. The molecule has 1 aromatic heterocycles. The van der Waals surface area contributed by atoms with E-state index in [4.69, 9.17) is 14.2 Å². The molecule has 1 aliphatic rings. The fourth-order valence-corrected chi connectivity index (χ4v) is 3.62. The molecule has 1 atom stereocenters. The van der Waals surface area contributed by atoms with Crippen LogP contribution in [-0.4, -0.2) is 34.5 Å². The molecule has 2 aromatic carbocycles. The number of fused-ring (bicyclic) bond motifs is 1. The zero-order chi connectivity index (χ0) is 22.7. The second-order valence-electron chi connectivity index (χ2n) is 7.11. The van der Waals surface area contributed by atoms with Crippen molar-refractivity contribution in [2.75, 3.05) is 19.0 Å². The molecule has 8 nitrogen and oxygen atoms in total. The fourth-order valence-electron chi connectivity index (χ4n) is 3.62. The van der Waals surface area contributed by atoms with Gasteiger partial charge in [0.1, 0.15) is 24.8 Å². The Bertz CT molecular complexity index is 1170. The van der Waals surface area contributed by atoms with Crippen molar-refractivity contribution in [2.24, 2.45) is 0 Å². The minimum Gasteiger partial charge on any atom is -0.493 e. The highest BCUT2D eigenvalue weighted by Gasteiger charge is 2.34. The summed E-state index contributed by atoms with van der Waals surface area (Å²) in [5.41, 5.74) is 2.22. The van der Waals surface area contributed by atoms with Gasteiger partial charge in [-0.25, -0.2) is 13.9 Å². The number of ether oxygens (including phenoxy) is 3. The number of aromatic nitrogens is 3. The molecule has 0 aliphatic carbocycles. The summed E-state index contributed by atoms with van der Waals surface area (Å²) in [6, 6.07) is 11.2.